The lowest BCUT2D eigenvalue weighted by Gasteiger charge is -2.35. The van der Waals surface area contributed by atoms with Gasteiger partial charge in [-0.15, -0.1) is 0 Å². The second-order valence-corrected chi connectivity index (χ2v) is 11.7. The van der Waals surface area contributed by atoms with E-state index < -0.39 is 34.2 Å². The summed E-state index contributed by atoms with van der Waals surface area (Å²) in [6, 6.07) is 14.9. The van der Waals surface area contributed by atoms with E-state index in [2.05, 4.69) is 5.32 Å². The lowest BCUT2D eigenvalue weighted by Crippen LogP contribution is -2.55. The van der Waals surface area contributed by atoms with Crippen LogP contribution in [0.5, 0.6) is 5.75 Å². The summed E-state index contributed by atoms with van der Waals surface area (Å²) in [5.74, 6) is -0.181. The predicted octanol–water partition coefficient (Wildman–Crippen LogP) is 3.03. The molecule has 10 heteroatoms. The summed E-state index contributed by atoms with van der Waals surface area (Å²) in [6.07, 6.45) is 0.351. The van der Waals surface area contributed by atoms with Crippen LogP contribution in [0, 0.1) is 0 Å². The number of nitrogens with zero attached hydrogens (tertiary/aromatic N) is 3. The van der Waals surface area contributed by atoms with Gasteiger partial charge >= 0.3 is 10.2 Å². The van der Waals surface area contributed by atoms with E-state index in [1.807, 2.05) is 33.8 Å². The zero-order chi connectivity index (χ0) is 27.1. The number of methoxy groups -OCH3 is 1. The minimum atomic E-state index is -3.99. The van der Waals surface area contributed by atoms with Gasteiger partial charge in [-0.25, -0.2) is 4.31 Å². The number of nitrogens with one attached hydrogen (secondary N) is 1. The zero-order valence-electron chi connectivity index (χ0n) is 22.2. The molecule has 9 nitrogen and oxygen atoms in total. The highest BCUT2D eigenvalue weighted by molar-refractivity contribution is 7.90. The highest BCUT2D eigenvalue weighted by Gasteiger charge is 2.34. The Morgan fingerprint density at radius 3 is 2.19 bits per heavy atom. The molecule has 1 N–H and O–H groups in total. The van der Waals surface area contributed by atoms with E-state index in [-0.39, 0.29) is 12.5 Å². The molecular weight excluding hydrogens is 480 g/mol. The molecule has 0 heterocycles. The number of anilines is 1. The lowest BCUT2D eigenvalue weighted by atomic mass is 10.1. The first-order chi connectivity index (χ1) is 16.8. The number of carbonyl (C=O) groups excluding carboxylic acids is 2. The molecular formula is C26H38N4O5S. The van der Waals surface area contributed by atoms with Crippen LogP contribution in [0.25, 0.3) is 0 Å². The minimum Gasteiger partial charge on any atom is -0.497 e. The van der Waals surface area contributed by atoms with Gasteiger partial charge in [-0.05, 0) is 57.0 Å². The van der Waals surface area contributed by atoms with E-state index >= 15 is 0 Å². The fourth-order valence-corrected chi connectivity index (χ4v) is 4.71. The van der Waals surface area contributed by atoms with Gasteiger partial charge in [0.25, 0.3) is 0 Å². The summed E-state index contributed by atoms with van der Waals surface area (Å²) in [4.78, 5) is 28.5. The van der Waals surface area contributed by atoms with Crippen LogP contribution in [-0.2, 0) is 26.3 Å². The van der Waals surface area contributed by atoms with E-state index in [1.54, 1.807) is 55.6 Å². The average molecular weight is 519 g/mol. The predicted molar refractivity (Wildman–Crippen MR) is 142 cm³/mol. The Labute approximate surface area is 215 Å². The van der Waals surface area contributed by atoms with Crippen molar-refractivity contribution in [2.45, 2.75) is 52.2 Å². The van der Waals surface area contributed by atoms with Gasteiger partial charge in [0.05, 0.1) is 12.8 Å². The number of rotatable bonds is 11. The van der Waals surface area contributed by atoms with Crippen LogP contribution in [0.1, 0.15) is 39.7 Å². The summed E-state index contributed by atoms with van der Waals surface area (Å²) in [5.41, 5.74) is 0.610. The Morgan fingerprint density at radius 1 is 1.03 bits per heavy atom. The van der Waals surface area contributed by atoms with Gasteiger partial charge in [-0.3, -0.25) is 9.59 Å². The maximum Gasteiger partial charge on any atom is 0.304 e. The standard InChI is InChI=1S/C26H38N4O5S/c1-8-23(25(32)27-26(2,3)4)29(18-20-13-12-16-22(17-20)35-7)24(31)19-30(36(33,34)28(5)6)21-14-10-9-11-15-21/h9-17,23H,8,18-19H2,1-7H3,(H,27,32)/t23-/m0/s1. The monoisotopic (exact) mass is 518 g/mol. The van der Waals surface area contributed by atoms with Crippen LogP contribution < -0.4 is 14.4 Å². The molecule has 0 unspecified atom stereocenters. The largest absolute Gasteiger partial charge is 0.497 e. The number of benzene rings is 2. The van der Waals surface area contributed by atoms with Crippen molar-refractivity contribution in [3.63, 3.8) is 0 Å². The summed E-state index contributed by atoms with van der Waals surface area (Å²) in [7, 11) is 0.390. The van der Waals surface area contributed by atoms with Crippen molar-refractivity contribution in [2.24, 2.45) is 0 Å². The molecule has 2 rings (SSSR count). The Balaban J connectivity index is 2.51. The molecule has 0 fully saturated rings. The van der Waals surface area contributed by atoms with Crippen molar-refractivity contribution < 1.29 is 22.7 Å². The van der Waals surface area contributed by atoms with Crippen LogP contribution in [0.15, 0.2) is 54.6 Å². The molecule has 0 aliphatic carbocycles. The third kappa shape index (κ3) is 7.69. The van der Waals surface area contributed by atoms with Crippen molar-refractivity contribution in [1.82, 2.24) is 14.5 Å². The Morgan fingerprint density at radius 2 is 1.67 bits per heavy atom. The van der Waals surface area contributed by atoms with Crippen molar-refractivity contribution in [2.75, 3.05) is 32.1 Å². The molecule has 198 valence electrons. The van der Waals surface area contributed by atoms with Crippen molar-refractivity contribution in [1.29, 1.82) is 0 Å². The number of carbonyl (C=O) groups is 2. The van der Waals surface area contributed by atoms with E-state index in [4.69, 9.17) is 4.74 Å². The van der Waals surface area contributed by atoms with Crippen molar-refractivity contribution in [3.05, 3.63) is 60.2 Å². The highest BCUT2D eigenvalue weighted by atomic mass is 32.2. The van der Waals surface area contributed by atoms with Gasteiger partial charge in [0.2, 0.25) is 11.8 Å². The molecule has 0 radical (unpaired) electrons. The van der Waals surface area contributed by atoms with Crippen LogP contribution in [-0.4, -0.2) is 68.8 Å². The third-order valence-corrected chi connectivity index (χ3v) is 7.25. The van der Waals surface area contributed by atoms with Gasteiger partial charge < -0.3 is 15.0 Å². The molecule has 0 bridgehead atoms. The first-order valence-corrected chi connectivity index (χ1v) is 13.2. The van der Waals surface area contributed by atoms with Crippen molar-refractivity contribution >= 4 is 27.7 Å². The molecule has 0 spiro atoms. The van der Waals surface area contributed by atoms with Gasteiger partial charge in [0, 0.05) is 26.2 Å². The summed E-state index contributed by atoms with van der Waals surface area (Å²) in [6.45, 7) is 7.07. The first kappa shape index (κ1) is 29.1. The maximum absolute atomic E-state index is 13.8. The summed E-state index contributed by atoms with van der Waals surface area (Å²) < 4.78 is 33.8. The molecule has 2 amide bonds. The quantitative estimate of drug-likeness (QED) is 0.493. The lowest BCUT2D eigenvalue weighted by molar-refractivity contribution is -0.141. The maximum atomic E-state index is 13.8. The Bertz CT molecular complexity index is 1130. The summed E-state index contributed by atoms with van der Waals surface area (Å²) >= 11 is 0. The van der Waals surface area contributed by atoms with Crippen molar-refractivity contribution in [3.8, 4) is 5.75 Å². The minimum absolute atomic E-state index is 0.108. The molecule has 0 saturated heterocycles. The van der Waals surface area contributed by atoms with Crippen LogP contribution in [0.2, 0.25) is 0 Å². The van der Waals surface area contributed by atoms with Gasteiger partial charge in [-0.1, -0.05) is 37.3 Å². The molecule has 0 aromatic heterocycles. The fraction of sp³-hybridized carbons (Fsp3) is 0.462. The number of hydrogen-bond donors (Lipinski definition) is 1. The van der Waals surface area contributed by atoms with Gasteiger partial charge in [0.15, 0.2) is 0 Å². The van der Waals surface area contributed by atoms with Crippen LogP contribution in [0.3, 0.4) is 0 Å². The van der Waals surface area contributed by atoms with E-state index in [0.717, 1.165) is 14.2 Å². The topological polar surface area (TPSA) is 99.3 Å². The van der Waals surface area contributed by atoms with E-state index in [1.165, 1.54) is 19.0 Å². The Hall–Kier alpha value is -3.11. The van der Waals surface area contributed by atoms with Crippen LogP contribution >= 0.6 is 0 Å². The average Bonchev–Trinajstić information content (AvgIpc) is 2.81. The van der Waals surface area contributed by atoms with E-state index in [9.17, 15) is 18.0 Å². The molecule has 0 aliphatic rings. The Kier molecular flexibility index (Phi) is 9.89. The summed E-state index contributed by atoms with van der Waals surface area (Å²) in [5, 5.41) is 2.95. The molecule has 36 heavy (non-hydrogen) atoms. The van der Waals surface area contributed by atoms with Gasteiger partial charge in [-0.2, -0.15) is 12.7 Å². The highest BCUT2D eigenvalue weighted by Crippen LogP contribution is 2.22. The molecule has 2 aromatic carbocycles. The second-order valence-electron chi connectivity index (χ2n) is 9.67. The van der Waals surface area contributed by atoms with E-state index in [0.29, 0.717) is 17.9 Å². The fourth-order valence-electron chi connectivity index (χ4n) is 3.65. The zero-order valence-corrected chi connectivity index (χ0v) is 23.0. The molecule has 2 aromatic rings. The number of hydrogen-bond acceptors (Lipinski definition) is 5. The molecule has 0 aliphatic heterocycles. The smallest absolute Gasteiger partial charge is 0.304 e. The number of para-hydroxylation sites is 1. The first-order valence-electron chi connectivity index (χ1n) is 11.8. The molecule has 0 saturated carbocycles. The van der Waals surface area contributed by atoms with Crippen LogP contribution in [0.4, 0.5) is 5.69 Å². The third-order valence-electron chi connectivity index (χ3n) is 5.43. The second kappa shape index (κ2) is 12.2. The molecule has 1 atom stereocenters. The SMILES string of the molecule is CC[C@@H](C(=O)NC(C)(C)C)N(Cc1cccc(OC)c1)C(=O)CN(c1ccccc1)S(=O)(=O)N(C)C. The number of ether oxygens (including phenoxy) is 1. The van der Waals surface area contributed by atoms with Gasteiger partial charge in [0.1, 0.15) is 18.3 Å². The normalized spacial score (nSPS) is 12.7. The number of amides is 2.